The molecule has 2 aromatic heterocycles. The van der Waals surface area contributed by atoms with E-state index in [1.54, 1.807) is 7.05 Å². The van der Waals surface area contributed by atoms with Crippen molar-refractivity contribution in [1.82, 2.24) is 25.2 Å². The summed E-state index contributed by atoms with van der Waals surface area (Å²) in [6.07, 6.45) is 3.83. The van der Waals surface area contributed by atoms with Gasteiger partial charge in [-0.2, -0.15) is 0 Å². The lowest BCUT2D eigenvalue weighted by Crippen LogP contribution is -2.48. The van der Waals surface area contributed by atoms with Crippen molar-refractivity contribution in [3.05, 3.63) is 35.1 Å². The Morgan fingerprint density at radius 1 is 1.23 bits per heavy atom. The first kappa shape index (κ1) is 24.2. The Kier molecular flexibility index (Phi) is 5.67. The average Bonchev–Trinajstić information content (AvgIpc) is 3.61. The van der Waals surface area contributed by atoms with E-state index in [1.165, 1.54) is 11.1 Å². The molecule has 0 radical (unpaired) electrons. The number of rotatable bonds is 5. The van der Waals surface area contributed by atoms with Crippen LogP contribution in [-0.4, -0.2) is 77.3 Å². The number of nitrogens with one attached hydrogen (secondary N) is 2. The van der Waals surface area contributed by atoms with Crippen LogP contribution in [0.4, 0.5) is 20.8 Å². The number of aromatic nitrogens is 3. The van der Waals surface area contributed by atoms with Crippen LogP contribution in [0.1, 0.15) is 29.9 Å². The number of fused-ring (bicyclic) bond motifs is 3. The van der Waals surface area contributed by atoms with E-state index in [0.29, 0.717) is 61.1 Å². The van der Waals surface area contributed by atoms with E-state index in [2.05, 4.69) is 30.5 Å². The van der Waals surface area contributed by atoms with E-state index < -0.39 is 11.7 Å². The lowest BCUT2D eigenvalue weighted by molar-refractivity contribution is -0.118. The van der Waals surface area contributed by atoms with E-state index in [-0.39, 0.29) is 30.0 Å². The van der Waals surface area contributed by atoms with Crippen molar-refractivity contribution >= 4 is 34.7 Å². The molecule has 12 nitrogen and oxygen atoms in total. The van der Waals surface area contributed by atoms with Gasteiger partial charge in [0, 0.05) is 32.5 Å². The van der Waals surface area contributed by atoms with Gasteiger partial charge in [-0.3, -0.25) is 9.69 Å². The molecule has 1 atom stereocenters. The molecule has 2 amide bonds. The number of carbonyl (C=O) groups is 2. The zero-order valence-electron chi connectivity index (χ0n) is 21.5. The van der Waals surface area contributed by atoms with Gasteiger partial charge in [0.25, 0.3) is 11.8 Å². The molecule has 4 aliphatic rings. The number of halogens is 1. The third-order valence-corrected chi connectivity index (χ3v) is 8.05. The zero-order chi connectivity index (χ0) is 26.7. The van der Waals surface area contributed by atoms with Crippen molar-refractivity contribution < 1.29 is 27.9 Å². The Balaban J connectivity index is 0.980. The lowest BCUT2D eigenvalue weighted by Gasteiger charge is -2.38. The van der Waals surface area contributed by atoms with Gasteiger partial charge in [0.1, 0.15) is 11.1 Å². The van der Waals surface area contributed by atoms with Crippen molar-refractivity contribution in [2.75, 3.05) is 50.1 Å². The SMILES string of the molecule is CNCc1nc2c(F)c3c(cc2o1)CC(CN1CCC2(CC1)CN(c1cnc4c(n1)NC(=O)CO4)C(=O)O2)C3. The largest absolute Gasteiger partial charge is 0.465 e. The molecule has 3 aliphatic heterocycles. The standard InChI is InChI=1S/C26H28FN7O5/c1-28-10-20-32-22-17(38-20)8-15-6-14(7-16(15)21(22)27)11-33-4-2-26(3-5-33)13-34(25(36)39-26)18-9-29-24-23(30-18)31-19(35)12-37-24/h8-9,14,28H,2-7,10-13H2,1H3,(H,30,31,35). The van der Waals surface area contributed by atoms with Gasteiger partial charge >= 0.3 is 6.09 Å². The summed E-state index contributed by atoms with van der Waals surface area (Å²) in [5.74, 6) is 0.946. The molecule has 39 heavy (non-hydrogen) atoms. The molecule has 1 unspecified atom stereocenters. The third-order valence-electron chi connectivity index (χ3n) is 8.05. The Morgan fingerprint density at radius 2 is 2.08 bits per heavy atom. The third kappa shape index (κ3) is 4.25. The van der Waals surface area contributed by atoms with Crippen LogP contribution < -0.4 is 20.3 Å². The van der Waals surface area contributed by atoms with Crippen LogP contribution >= 0.6 is 0 Å². The molecule has 2 N–H and O–H groups in total. The number of likely N-dealkylation sites (tertiary alicyclic amines) is 1. The highest BCUT2D eigenvalue weighted by Gasteiger charge is 2.48. The van der Waals surface area contributed by atoms with Gasteiger partial charge in [-0.1, -0.05) is 0 Å². The summed E-state index contributed by atoms with van der Waals surface area (Å²) in [5, 5.41) is 5.60. The molecule has 2 saturated heterocycles. The van der Waals surface area contributed by atoms with E-state index in [4.69, 9.17) is 13.9 Å². The highest BCUT2D eigenvalue weighted by molar-refractivity contribution is 5.94. The topological polar surface area (TPSA) is 135 Å². The number of hydrogen-bond acceptors (Lipinski definition) is 10. The van der Waals surface area contributed by atoms with Crippen LogP contribution in [-0.2, 0) is 28.9 Å². The van der Waals surface area contributed by atoms with Gasteiger partial charge in [0.2, 0.25) is 5.89 Å². The second-order valence-corrected chi connectivity index (χ2v) is 10.7. The first-order valence-electron chi connectivity index (χ1n) is 13.2. The summed E-state index contributed by atoms with van der Waals surface area (Å²) < 4.78 is 32.1. The van der Waals surface area contributed by atoms with Crippen LogP contribution in [0.15, 0.2) is 16.7 Å². The number of nitrogens with zero attached hydrogens (tertiary/aromatic N) is 5. The minimum atomic E-state index is -0.600. The molecule has 5 heterocycles. The molecule has 1 aromatic carbocycles. The fourth-order valence-electron chi connectivity index (χ4n) is 6.15. The smallest absolute Gasteiger partial charge is 0.416 e. The van der Waals surface area contributed by atoms with Crippen molar-refractivity contribution in [2.45, 2.75) is 37.8 Å². The maximum Gasteiger partial charge on any atom is 0.416 e. The normalized spacial score (nSPS) is 22.1. The highest BCUT2D eigenvalue weighted by atomic mass is 19.1. The summed E-state index contributed by atoms with van der Waals surface area (Å²) in [4.78, 5) is 41.1. The van der Waals surface area contributed by atoms with E-state index >= 15 is 4.39 Å². The molecule has 2 fully saturated rings. The van der Waals surface area contributed by atoms with Crippen molar-refractivity contribution in [1.29, 1.82) is 0 Å². The number of carbonyl (C=O) groups excluding carboxylic acids is 2. The van der Waals surface area contributed by atoms with Crippen molar-refractivity contribution in [3.63, 3.8) is 0 Å². The van der Waals surface area contributed by atoms with Gasteiger partial charge in [0.15, 0.2) is 29.6 Å². The second kappa shape index (κ2) is 9.12. The van der Waals surface area contributed by atoms with Crippen LogP contribution in [0, 0.1) is 11.7 Å². The van der Waals surface area contributed by atoms with Gasteiger partial charge in [-0.05, 0) is 43.0 Å². The molecule has 13 heteroatoms. The molecule has 1 aliphatic carbocycles. The fourth-order valence-corrected chi connectivity index (χ4v) is 6.15. The van der Waals surface area contributed by atoms with Gasteiger partial charge in [0.05, 0.1) is 19.3 Å². The Labute approximate surface area is 222 Å². The number of amides is 2. The molecule has 1 spiro atoms. The van der Waals surface area contributed by atoms with Gasteiger partial charge in [-0.25, -0.2) is 24.1 Å². The minimum Gasteiger partial charge on any atom is -0.465 e. The summed E-state index contributed by atoms with van der Waals surface area (Å²) >= 11 is 0. The molecule has 0 bridgehead atoms. The fraction of sp³-hybridized carbons (Fsp3) is 0.500. The Hall–Kier alpha value is -3.84. The molecular formula is C26H28FN7O5. The maximum atomic E-state index is 15.3. The van der Waals surface area contributed by atoms with E-state index in [1.807, 2.05) is 6.07 Å². The molecule has 204 valence electrons. The van der Waals surface area contributed by atoms with Gasteiger partial charge < -0.3 is 29.4 Å². The predicted octanol–water partition coefficient (Wildman–Crippen LogP) is 2.01. The zero-order valence-corrected chi connectivity index (χ0v) is 21.5. The van der Waals surface area contributed by atoms with Gasteiger partial charge in [-0.15, -0.1) is 0 Å². The Morgan fingerprint density at radius 3 is 2.90 bits per heavy atom. The van der Waals surface area contributed by atoms with Crippen LogP contribution in [0.3, 0.4) is 0 Å². The highest BCUT2D eigenvalue weighted by Crippen LogP contribution is 2.38. The minimum absolute atomic E-state index is 0.114. The summed E-state index contributed by atoms with van der Waals surface area (Å²) in [7, 11) is 1.80. The number of benzene rings is 1. The quantitative estimate of drug-likeness (QED) is 0.498. The second-order valence-electron chi connectivity index (χ2n) is 10.7. The number of hydrogen-bond donors (Lipinski definition) is 2. The number of oxazole rings is 1. The maximum absolute atomic E-state index is 15.3. The predicted molar refractivity (Wildman–Crippen MR) is 136 cm³/mol. The molecule has 3 aromatic rings. The van der Waals surface area contributed by atoms with Crippen LogP contribution in [0.5, 0.6) is 5.88 Å². The first-order chi connectivity index (χ1) is 18.9. The van der Waals surface area contributed by atoms with E-state index in [9.17, 15) is 9.59 Å². The number of ether oxygens (including phenoxy) is 2. The van der Waals surface area contributed by atoms with Crippen molar-refractivity contribution in [2.24, 2.45) is 5.92 Å². The summed E-state index contributed by atoms with van der Waals surface area (Å²) in [5.41, 5.74) is 1.96. The summed E-state index contributed by atoms with van der Waals surface area (Å²) in [6, 6.07) is 1.94. The molecular weight excluding hydrogens is 509 g/mol. The van der Waals surface area contributed by atoms with Crippen LogP contribution in [0.2, 0.25) is 0 Å². The van der Waals surface area contributed by atoms with E-state index in [0.717, 1.165) is 37.2 Å². The number of piperidine rings is 1. The first-order valence-corrected chi connectivity index (χ1v) is 13.2. The van der Waals surface area contributed by atoms with Crippen LogP contribution in [0.25, 0.3) is 11.1 Å². The van der Waals surface area contributed by atoms with Crippen molar-refractivity contribution in [3.8, 4) is 5.88 Å². The lowest BCUT2D eigenvalue weighted by atomic mass is 9.90. The number of anilines is 2. The Bertz CT molecular complexity index is 1490. The molecule has 7 rings (SSSR count). The molecule has 0 saturated carbocycles. The summed E-state index contributed by atoms with van der Waals surface area (Å²) in [6.45, 7) is 3.10. The monoisotopic (exact) mass is 537 g/mol. The average molecular weight is 538 g/mol.